The molecule has 1 heterocycles. The highest BCUT2D eigenvalue weighted by molar-refractivity contribution is 7.91. The van der Waals surface area contributed by atoms with Gasteiger partial charge in [-0.1, -0.05) is 6.92 Å². The van der Waals surface area contributed by atoms with E-state index in [0.717, 1.165) is 10.6 Å². The molecular formula is C11H20N2O3S2. The van der Waals surface area contributed by atoms with Crippen molar-refractivity contribution in [3.63, 3.8) is 0 Å². The fourth-order valence-electron chi connectivity index (χ4n) is 1.58. The Morgan fingerprint density at radius 3 is 2.78 bits per heavy atom. The van der Waals surface area contributed by atoms with Gasteiger partial charge in [-0.3, -0.25) is 11.3 Å². The summed E-state index contributed by atoms with van der Waals surface area (Å²) in [6, 6.07) is 1.90. The molecule has 1 unspecified atom stereocenters. The maximum atomic E-state index is 11.4. The van der Waals surface area contributed by atoms with Gasteiger partial charge in [0.05, 0.1) is 18.9 Å². The van der Waals surface area contributed by atoms with Crippen molar-refractivity contribution in [2.24, 2.45) is 5.84 Å². The molecule has 0 aliphatic heterocycles. The second-order valence-corrected chi connectivity index (χ2v) is 7.40. The van der Waals surface area contributed by atoms with Crippen LogP contribution < -0.4 is 16.0 Å². The molecule has 3 N–H and O–H groups in total. The number of rotatable bonds is 8. The highest BCUT2D eigenvalue weighted by atomic mass is 32.2. The molecule has 0 saturated carbocycles. The summed E-state index contributed by atoms with van der Waals surface area (Å²) < 4.78 is 27.9. The Balaban J connectivity index is 2.52. The Bertz CT molecular complexity index is 457. The number of thiophene rings is 1. The lowest BCUT2D eigenvalue weighted by molar-refractivity contribution is 0.415. The Hall–Kier alpha value is -0.630. The number of sulfone groups is 1. The molecule has 1 aromatic heterocycles. The van der Waals surface area contributed by atoms with Gasteiger partial charge in [0.2, 0.25) is 0 Å². The van der Waals surface area contributed by atoms with Crippen molar-refractivity contribution in [1.29, 1.82) is 0 Å². The van der Waals surface area contributed by atoms with E-state index in [-0.39, 0.29) is 17.5 Å². The van der Waals surface area contributed by atoms with Gasteiger partial charge < -0.3 is 4.74 Å². The van der Waals surface area contributed by atoms with Crippen LogP contribution in [-0.4, -0.2) is 27.0 Å². The van der Waals surface area contributed by atoms with Gasteiger partial charge in [0, 0.05) is 16.0 Å². The van der Waals surface area contributed by atoms with Crippen molar-refractivity contribution in [3.05, 3.63) is 16.3 Å². The molecule has 0 aliphatic carbocycles. The Morgan fingerprint density at radius 1 is 1.56 bits per heavy atom. The third-order valence-electron chi connectivity index (χ3n) is 2.76. The van der Waals surface area contributed by atoms with Gasteiger partial charge in [-0.25, -0.2) is 8.42 Å². The molecule has 5 nitrogen and oxygen atoms in total. The van der Waals surface area contributed by atoms with Crippen LogP contribution in [0.25, 0.3) is 0 Å². The lowest BCUT2D eigenvalue weighted by atomic mass is 10.1. The smallest absolute Gasteiger partial charge is 0.150 e. The number of methoxy groups -OCH3 is 1. The van der Waals surface area contributed by atoms with Crippen molar-refractivity contribution in [1.82, 2.24) is 5.43 Å². The molecule has 104 valence electrons. The Morgan fingerprint density at radius 2 is 2.28 bits per heavy atom. The molecule has 0 saturated heterocycles. The van der Waals surface area contributed by atoms with Gasteiger partial charge in [-0.2, -0.15) is 0 Å². The van der Waals surface area contributed by atoms with Crippen molar-refractivity contribution in [2.45, 2.75) is 25.8 Å². The van der Waals surface area contributed by atoms with Crippen LogP contribution in [0.4, 0.5) is 0 Å². The van der Waals surface area contributed by atoms with Crippen LogP contribution in [0, 0.1) is 0 Å². The second-order valence-electron chi connectivity index (χ2n) is 3.99. The number of ether oxygens (including phenoxy) is 1. The van der Waals surface area contributed by atoms with Gasteiger partial charge in [-0.05, 0) is 18.9 Å². The van der Waals surface area contributed by atoms with E-state index in [2.05, 4.69) is 5.43 Å². The molecular weight excluding hydrogens is 272 g/mol. The summed E-state index contributed by atoms with van der Waals surface area (Å²) in [6.07, 6.45) is 1.30. The average molecular weight is 292 g/mol. The van der Waals surface area contributed by atoms with E-state index >= 15 is 0 Å². The number of nitrogens with two attached hydrogens (primary N) is 1. The number of nitrogens with one attached hydrogen (secondary N) is 1. The lowest BCUT2D eigenvalue weighted by Crippen LogP contribution is -2.27. The van der Waals surface area contributed by atoms with Gasteiger partial charge in [-0.15, -0.1) is 11.3 Å². The zero-order valence-corrected chi connectivity index (χ0v) is 12.3. The average Bonchev–Trinajstić information content (AvgIpc) is 2.83. The van der Waals surface area contributed by atoms with E-state index in [1.165, 1.54) is 0 Å². The Kier molecular flexibility index (Phi) is 6.07. The van der Waals surface area contributed by atoms with Crippen molar-refractivity contribution in [3.8, 4) is 5.75 Å². The maximum Gasteiger partial charge on any atom is 0.150 e. The van der Waals surface area contributed by atoms with Crippen LogP contribution in [-0.2, 0) is 9.84 Å². The van der Waals surface area contributed by atoms with Crippen molar-refractivity contribution >= 4 is 21.2 Å². The molecule has 7 heteroatoms. The van der Waals surface area contributed by atoms with Crippen molar-refractivity contribution in [2.75, 3.05) is 18.6 Å². The van der Waals surface area contributed by atoms with Gasteiger partial charge in [0.25, 0.3) is 0 Å². The van der Waals surface area contributed by atoms with Crippen molar-refractivity contribution < 1.29 is 13.2 Å². The Labute approximate surface area is 112 Å². The normalized spacial score (nSPS) is 13.5. The summed E-state index contributed by atoms with van der Waals surface area (Å²) in [5, 5.41) is 1.91. The number of hydrogen-bond acceptors (Lipinski definition) is 6. The highest BCUT2D eigenvalue weighted by Gasteiger charge is 2.14. The fourth-order valence-corrected chi connectivity index (χ4v) is 3.43. The summed E-state index contributed by atoms with van der Waals surface area (Å²) >= 11 is 1.55. The number of hydrazine groups is 1. The molecule has 0 spiro atoms. The molecule has 18 heavy (non-hydrogen) atoms. The minimum Gasteiger partial charge on any atom is -0.496 e. The van der Waals surface area contributed by atoms with Gasteiger partial charge in [0.1, 0.15) is 15.6 Å². The maximum absolute atomic E-state index is 11.4. The minimum atomic E-state index is -2.89. The molecule has 0 bridgehead atoms. The van der Waals surface area contributed by atoms with Gasteiger partial charge in [0.15, 0.2) is 0 Å². The van der Waals surface area contributed by atoms with E-state index < -0.39 is 9.84 Å². The predicted octanol–water partition coefficient (Wildman–Crippen LogP) is 1.48. The minimum absolute atomic E-state index is 0.0223. The molecule has 1 rings (SSSR count). The standard InChI is InChI=1S/C11H20N2O3S2/c1-3-18(14,15)6-4-5-10(13-12)11-7-9(16-2)8-17-11/h7-8,10,13H,3-6,12H2,1-2H3. The third-order valence-corrected chi connectivity index (χ3v) is 5.58. The van der Waals surface area contributed by atoms with Crippen LogP contribution in [0.5, 0.6) is 5.75 Å². The second kappa shape index (κ2) is 7.08. The van der Waals surface area contributed by atoms with E-state index in [4.69, 9.17) is 10.6 Å². The van der Waals surface area contributed by atoms with Crippen LogP contribution >= 0.6 is 11.3 Å². The molecule has 0 aromatic carbocycles. The summed E-state index contributed by atoms with van der Waals surface area (Å²) in [6.45, 7) is 1.66. The first-order chi connectivity index (χ1) is 8.52. The van der Waals surface area contributed by atoms with Gasteiger partial charge >= 0.3 is 0 Å². The van der Waals surface area contributed by atoms with E-state index in [1.54, 1.807) is 25.4 Å². The molecule has 0 fully saturated rings. The first-order valence-corrected chi connectivity index (χ1v) is 8.51. The topological polar surface area (TPSA) is 81.4 Å². The van der Waals surface area contributed by atoms with E-state index in [1.807, 2.05) is 11.4 Å². The quantitative estimate of drug-likeness (QED) is 0.560. The molecule has 0 amide bonds. The molecule has 1 atom stereocenters. The zero-order chi connectivity index (χ0) is 13.6. The lowest BCUT2D eigenvalue weighted by Gasteiger charge is -2.13. The monoisotopic (exact) mass is 292 g/mol. The highest BCUT2D eigenvalue weighted by Crippen LogP contribution is 2.28. The largest absolute Gasteiger partial charge is 0.496 e. The van der Waals surface area contributed by atoms with Crippen LogP contribution in [0.1, 0.15) is 30.7 Å². The van der Waals surface area contributed by atoms with Crippen LogP contribution in [0.3, 0.4) is 0 Å². The van der Waals surface area contributed by atoms with Crippen LogP contribution in [0.2, 0.25) is 0 Å². The summed E-state index contributed by atoms with van der Waals surface area (Å²) in [4.78, 5) is 1.06. The first-order valence-electron chi connectivity index (χ1n) is 5.81. The summed E-state index contributed by atoms with van der Waals surface area (Å²) in [5.74, 6) is 6.71. The molecule has 1 aromatic rings. The number of hydrogen-bond donors (Lipinski definition) is 2. The molecule has 0 aliphatic rings. The van der Waals surface area contributed by atoms with E-state index in [0.29, 0.717) is 12.8 Å². The SMILES string of the molecule is CCS(=O)(=O)CCCC(NN)c1cc(OC)cs1. The molecule has 0 radical (unpaired) electrons. The summed E-state index contributed by atoms with van der Waals surface area (Å²) in [7, 11) is -1.28. The summed E-state index contributed by atoms with van der Waals surface area (Å²) in [5.41, 5.74) is 2.72. The fraction of sp³-hybridized carbons (Fsp3) is 0.636. The van der Waals surface area contributed by atoms with Crippen LogP contribution in [0.15, 0.2) is 11.4 Å². The first kappa shape index (κ1) is 15.4. The zero-order valence-electron chi connectivity index (χ0n) is 10.7. The third kappa shape index (κ3) is 4.56. The predicted molar refractivity (Wildman–Crippen MR) is 74.5 cm³/mol. The van der Waals surface area contributed by atoms with E-state index in [9.17, 15) is 8.42 Å².